The zero-order chi connectivity index (χ0) is 18.1. The number of para-hydroxylation sites is 1. The van der Waals surface area contributed by atoms with Gasteiger partial charge in [0, 0.05) is 0 Å². The number of thiazole rings is 2. The largest absolute Gasteiger partial charge is 0.481 e. The number of aromatic nitrogens is 2. The molecule has 1 unspecified atom stereocenters. The highest BCUT2D eigenvalue weighted by atomic mass is 32.2. The third-order valence-electron chi connectivity index (χ3n) is 3.72. The number of nitrogens with zero attached hydrogens (tertiary/aromatic N) is 2. The summed E-state index contributed by atoms with van der Waals surface area (Å²) in [7, 11) is 0. The number of nitrogens with one attached hydrogen (secondary N) is 1. The Morgan fingerprint density at radius 1 is 1.08 bits per heavy atom. The third-order valence-corrected chi connectivity index (χ3v) is 6.93. The molecule has 0 fully saturated rings. The molecule has 1 atom stereocenters. The molecule has 0 aliphatic heterocycles. The minimum atomic E-state index is -0.615. The number of hydrogen-bond donors (Lipinski definition) is 1. The highest BCUT2D eigenvalue weighted by Crippen LogP contribution is 2.38. The number of carbonyl (C=O) groups is 1. The van der Waals surface area contributed by atoms with Crippen molar-refractivity contribution in [2.45, 2.75) is 17.4 Å². The average molecular weight is 402 g/mol. The monoisotopic (exact) mass is 401 g/mol. The SMILES string of the molecule is CSc1nc2ccc3nc(NC(=O)C(C)Oc4ccccc4)sc3c2s1. The van der Waals surface area contributed by atoms with E-state index in [1.165, 1.54) is 11.3 Å². The van der Waals surface area contributed by atoms with Gasteiger partial charge in [-0.1, -0.05) is 41.3 Å². The Bertz CT molecular complexity index is 1080. The second-order valence-electron chi connectivity index (χ2n) is 5.53. The predicted octanol–water partition coefficient (Wildman–Crippen LogP) is 5.03. The van der Waals surface area contributed by atoms with Crippen molar-refractivity contribution in [2.75, 3.05) is 11.6 Å². The van der Waals surface area contributed by atoms with Crippen molar-refractivity contribution in [1.29, 1.82) is 0 Å². The molecule has 5 nitrogen and oxygen atoms in total. The minimum Gasteiger partial charge on any atom is -0.481 e. The fourth-order valence-corrected chi connectivity index (χ4v) is 5.12. The number of rotatable bonds is 5. The van der Waals surface area contributed by atoms with E-state index in [4.69, 9.17) is 4.74 Å². The van der Waals surface area contributed by atoms with Crippen LogP contribution >= 0.6 is 34.4 Å². The second-order valence-corrected chi connectivity index (χ2v) is 8.58. The van der Waals surface area contributed by atoms with E-state index in [-0.39, 0.29) is 5.91 Å². The molecule has 2 aromatic heterocycles. The fraction of sp³-hybridized carbons (Fsp3) is 0.167. The molecule has 4 rings (SSSR count). The maximum atomic E-state index is 12.4. The van der Waals surface area contributed by atoms with Crippen molar-refractivity contribution in [3.63, 3.8) is 0 Å². The zero-order valence-corrected chi connectivity index (χ0v) is 16.5. The Labute approximate surface area is 162 Å². The summed E-state index contributed by atoms with van der Waals surface area (Å²) in [6.07, 6.45) is 1.40. The van der Waals surface area contributed by atoms with Crippen LogP contribution in [0.1, 0.15) is 6.92 Å². The molecule has 26 heavy (non-hydrogen) atoms. The van der Waals surface area contributed by atoms with Gasteiger partial charge in [-0.05, 0) is 37.4 Å². The number of anilines is 1. The Morgan fingerprint density at radius 3 is 2.50 bits per heavy atom. The summed E-state index contributed by atoms with van der Waals surface area (Å²) >= 11 is 4.75. The predicted molar refractivity (Wildman–Crippen MR) is 110 cm³/mol. The lowest BCUT2D eigenvalue weighted by molar-refractivity contribution is -0.122. The Hall–Kier alpha value is -2.16. The topological polar surface area (TPSA) is 64.1 Å². The molecule has 8 heteroatoms. The molecule has 4 aromatic rings. The molecule has 0 saturated carbocycles. The average Bonchev–Trinajstić information content (AvgIpc) is 3.25. The highest BCUT2D eigenvalue weighted by Gasteiger charge is 2.18. The Balaban J connectivity index is 1.56. The smallest absolute Gasteiger partial charge is 0.266 e. The van der Waals surface area contributed by atoms with E-state index >= 15 is 0 Å². The number of amides is 1. The molecular weight excluding hydrogens is 386 g/mol. The summed E-state index contributed by atoms with van der Waals surface area (Å²) in [5, 5.41) is 3.43. The highest BCUT2D eigenvalue weighted by molar-refractivity contribution is 8.00. The summed E-state index contributed by atoms with van der Waals surface area (Å²) in [6, 6.07) is 13.2. The fourth-order valence-electron chi connectivity index (χ4n) is 2.46. The van der Waals surface area contributed by atoms with Crippen molar-refractivity contribution < 1.29 is 9.53 Å². The van der Waals surface area contributed by atoms with Crippen molar-refractivity contribution in [3.8, 4) is 5.75 Å². The van der Waals surface area contributed by atoms with Crippen molar-refractivity contribution in [3.05, 3.63) is 42.5 Å². The van der Waals surface area contributed by atoms with Crippen LogP contribution in [0.4, 0.5) is 5.13 Å². The van der Waals surface area contributed by atoms with Crippen LogP contribution in [-0.4, -0.2) is 28.2 Å². The Kier molecular flexibility index (Phi) is 4.80. The summed E-state index contributed by atoms with van der Waals surface area (Å²) in [5.74, 6) is 0.439. The number of thioether (sulfide) groups is 1. The first-order chi connectivity index (χ1) is 12.6. The first kappa shape index (κ1) is 17.3. The van der Waals surface area contributed by atoms with Crippen LogP contribution in [-0.2, 0) is 4.79 Å². The van der Waals surface area contributed by atoms with Gasteiger partial charge in [0.25, 0.3) is 5.91 Å². The van der Waals surface area contributed by atoms with Crippen LogP contribution in [0, 0.1) is 0 Å². The van der Waals surface area contributed by atoms with Gasteiger partial charge >= 0.3 is 0 Å². The number of ether oxygens (including phenoxy) is 1. The zero-order valence-electron chi connectivity index (χ0n) is 14.1. The maximum absolute atomic E-state index is 12.4. The summed E-state index contributed by atoms with van der Waals surface area (Å²) in [6.45, 7) is 1.72. The van der Waals surface area contributed by atoms with Crippen molar-refractivity contribution in [1.82, 2.24) is 9.97 Å². The van der Waals surface area contributed by atoms with E-state index in [2.05, 4.69) is 15.3 Å². The van der Waals surface area contributed by atoms with E-state index in [1.54, 1.807) is 30.0 Å². The minimum absolute atomic E-state index is 0.224. The van der Waals surface area contributed by atoms with Gasteiger partial charge in [-0.3, -0.25) is 10.1 Å². The second kappa shape index (κ2) is 7.22. The van der Waals surface area contributed by atoms with Crippen LogP contribution in [0.5, 0.6) is 5.75 Å². The number of hydrogen-bond acceptors (Lipinski definition) is 7. The van der Waals surface area contributed by atoms with Crippen LogP contribution in [0.2, 0.25) is 0 Å². The first-order valence-electron chi connectivity index (χ1n) is 7.90. The van der Waals surface area contributed by atoms with Crippen LogP contribution in [0.15, 0.2) is 46.8 Å². The standard InChI is InChI=1S/C18H15N3O2S3/c1-10(23-11-6-4-3-5-7-11)16(22)21-17-19-12-8-9-13-15(14(12)25-17)26-18(20-13)24-2/h3-10H,1-2H3,(H,19,21,22). The number of fused-ring (bicyclic) bond motifs is 3. The molecule has 0 aliphatic rings. The van der Waals surface area contributed by atoms with Gasteiger partial charge in [0.15, 0.2) is 15.6 Å². The molecule has 132 valence electrons. The summed E-state index contributed by atoms with van der Waals surface area (Å²) < 4.78 is 8.85. The molecule has 0 aliphatic carbocycles. The number of carbonyl (C=O) groups excluding carboxylic acids is 1. The lowest BCUT2D eigenvalue weighted by Crippen LogP contribution is -2.30. The third kappa shape index (κ3) is 3.40. The van der Waals surface area contributed by atoms with E-state index in [0.717, 1.165) is 24.8 Å². The normalized spacial score (nSPS) is 12.4. The van der Waals surface area contributed by atoms with Gasteiger partial charge in [0.1, 0.15) is 5.75 Å². The van der Waals surface area contributed by atoms with Crippen molar-refractivity contribution in [2.24, 2.45) is 0 Å². The van der Waals surface area contributed by atoms with Gasteiger partial charge in [0.2, 0.25) is 0 Å². The van der Waals surface area contributed by atoms with Gasteiger partial charge in [-0.2, -0.15) is 0 Å². The molecule has 0 radical (unpaired) electrons. The van der Waals surface area contributed by atoms with Gasteiger partial charge in [-0.25, -0.2) is 9.97 Å². The van der Waals surface area contributed by atoms with Gasteiger partial charge in [-0.15, -0.1) is 11.3 Å². The quantitative estimate of drug-likeness (QED) is 0.475. The van der Waals surface area contributed by atoms with E-state index in [9.17, 15) is 4.79 Å². The molecule has 0 saturated heterocycles. The lowest BCUT2D eigenvalue weighted by atomic mass is 10.3. The summed E-state index contributed by atoms with van der Waals surface area (Å²) in [5.41, 5.74) is 1.83. The van der Waals surface area contributed by atoms with Crippen LogP contribution in [0.3, 0.4) is 0 Å². The lowest BCUT2D eigenvalue weighted by Gasteiger charge is -2.13. The molecule has 1 amide bonds. The Morgan fingerprint density at radius 2 is 1.77 bits per heavy atom. The molecule has 0 bridgehead atoms. The van der Waals surface area contributed by atoms with E-state index in [1.807, 2.05) is 48.7 Å². The van der Waals surface area contributed by atoms with Gasteiger partial charge < -0.3 is 4.74 Å². The van der Waals surface area contributed by atoms with E-state index < -0.39 is 6.10 Å². The molecule has 1 N–H and O–H groups in total. The maximum Gasteiger partial charge on any atom is 0.266 e. The molecule has 2 heterocycles. The molecular formula is C18H15N3O2S3. The summed E-state index contributed by atoms with van der Waals surface area (Å²) in [4.78, 5) is 21.5. The molecule has 0 spiro atoms. The molecule has 2 aromatic carbocycles. The van der Waals surface area contributed by atoms with Gasteiger partial charge in [0.05, 0.1) is 20.4 Å². The first-order valence-corrected chi connectivity index (χ1v) is 10.8. The number of benzene rings is 2. The van der Waals surface area contributed by atoms with Crippen LogP contribution < -0.4 is 10.1 Å². The van der Waals surface area contributed by atoms with Crippen molar-refractivity contribution >= 4 is 65.9 Å². The van der Waals surface area contributed by atoms with Crippen LogP contribution in [0.25, 0.3) is 20.4 Å². The van der Waals surface area contributed by atoms with E-state index in [0.29, 0.717) is 10.9 Å².